The van der Waals surface area contributed by atoms with Crippen LogP contribution in [0.2, 0.25) is 5.02 Å². The second-order valence-electron chi connectivity index (χ2n) is 5.32. The normalized spacial score (nSPS) is 14.1. The van der Waals surface area contributed by atoms with Crippen LogP contribution in [0.1, 0.15) is 32.1 Å². The Morgan fingerprint density at radius 2 is 2.00 bits per heavy atom. The van der Waals surface area contributed by atoms with Gasteiger partial charge in [0.2, 0.25) is 0 Å². The van der Waals surface area contributed by atoms with Crippen LogP contribution in [0.15, 0.2) is 35.9 Å². The average Bonchev–Trinajstić information content (AvgIpc) is 2.54. The highest BCUT2D eigenvalue weighted by Crippen LogP contribution is 2.22. The Morgan fingerprint density at radius 1 is 1.18 bits per heavy atom. The van der Waals surface area contributed by atoms with Crippen molar-refractivity contribution >= 4 is 17.6 Å². The SMILES string of the molecule is O=C(NCCOc1ccccc1Cl)NCCC1=CCCCC1. The summed E-state index contributed by atoms with van der Waals surface area (Å²) in [7, 11) is 0. The Labute approximate surface area is 136 Å². The summed E-state index contributed by atoms with van der Waals surface area (Å²) >= 11 is 5.98. The zero-order valence-electron chi connectivity index (χ0n) is 12.7. The summed E-state index contributed by atoms with van der Waals surface area (Å²) in [4.78, 5) is 11.6. The van der Waals surface area contributed by atoms with Crippen LogP contribution < -0.4 is 15.4 Å². The van der Waals surface area contributed by atoms with Gasteiger partial charge in [-0.15, -0.1) is 0 Å². The van der Waals surface area contributed by atoms with E-state index in [1.54, 1.807) is 12.1 Å². The Hall–Kier alpha value is -1.68. The molecular formula is C17H23ClN2O2. The minimum absolute atomic E-state index is 0.154. The Balaban J connectivity index is 1.54. The number of allylic oxidation sites excluding steroid dienone is 1. The third-order valence-corrected chi connectivity index (χ3v) is 3.91. The number of carbonyl (C=O) groups is 1. The molecule has 1 aliphatic rings. The van der Waals surface area contributed by atoms with Gasteiger partial charge in [0.05, 0.1) is 11.6 Å². The van der Waals surface area contributed by atoms with E-state index in [0.29, 0.717) is 30.5 Å². The quantitative estimate of drug-likeness (QED) is 0.590. The lowest BCUT2D eigenvalue weighted by Gasteiger charge is -2.13. The average molecular weight is 323 g/mol. The lowest BCUT2D eigenvalue weighted by Crippen LogP contribution is -2.38. The molecule has 1 aliphatic carbocycles. The van der Waals surface area contributed by atoms with E-state index in [2.05, 4.69) is 16.7 Å². The predicted molar refractivity (Wildman–Crippen MR) is 89.5 cm³/mol. The molecule has 1 aromatic carbocycles. The van der Waals surface area contributed by atoms with Gasteiger partial charge in [-0.05, 0) is 44.2 Å². The molecule has 0 atom stereocenters. The highest BCUT2D eigenvalue weighted by atomic mass is 35.5. The fourth-order valence-corrected chi connectivity index (χ4v) is 2.61. The van der Waals surface area contributed by atoms with Crippen LogP contribution in [0, 0.1) is 0 Å². The molecule has 0 aromatic heterocycles. The number of ether oxygens (including phenoxy) is 1. The Bertz CT molecular complexity index is 517. The molecule has 0 bridgehead atoms. The predicted octanol–water partition coefficient (Wildman–Crippen LogP) is 3.91. The maximum absolute atomic E-state index is 11.6. The van der Waals surface area contributed by atoms with E-state index in [-0.39, 0.29) is 6.03 Å². The number of nitrogens with one attached hydrogen (secondary N) is 2. The van der Waals surface area contributed by atoms with E-state index < -0.39 is 0 Å². The molecule has 0 heterocycles. The minimum atomic E-state index is -0.154. The van der Waals surface area contributed by atoms with Gasteiger partial charge in [-0.2, -0.15) is 0 Å². The van der Waals surface area contributed by atoms with Gasteiger partial charge < -0.3 is 15.4 Å². The van der Waals surface area contributed by atoms with Gasteiger partial charge >= 0.3 is 6.03 Å². The van der Waals surface area contributed by atoms with Crippen molar-refractivity contribution in [2.24, 2.45) is 0 Å². The topological polar surface area (TPSA) is 50.4 Å². The third kappa shape index (κ3) is 5.98. The fraction of sp³-hybridized carbons (Fsp3) is 0.471. The van der Waals surface area contributed by atoms with E-state index in [4.69, 9.17) is 16.3 Å². The molecule has 5 heteroatoms. The van der Waals surface area contributed by atoms with Gasteiger partial charge in [-0.1, -0.05) is 35.4 Å². The number of halogens is 1. The third-order valence-electron chi connectivity index (χ3n) is 3.60. The summed E-state index contributed by atoms with van der Waals surface area (Å²) in [5, 5.41) is 6.22. The first-order valence-corrected chi connectivity index (χ1v) is 8.20. The van der Waals surface area contributed by atoms with Crippen LogP contribution in [0.3, 0.4) is 0 Å². The standard InChI is InChI=1S/C17H23ClN2O2/c18-15-8-4-5-9-16(15)22-13-12-20-17(21)19-11-10-14-6-2-1-3-7-14/h4-6,8-9H,1-3,7,10-13H2,(H2,19,20,21). The summed E-state index contributed by atoms with van der Waals surface area (Å²) in [6, 6.07) is 7.14. The van der Waals surface area contributed by atoms with Gasteiger partial charge in [0.15, 0.2) is 0 Å². The first kappa shape index (κ1) is 16.7. The van der Waals surface area contributed by atoms with Crippen molar-refractivity contribution in [3.8, 4) is 5.75 Å². The van der Waals surface area contributed by atoms with Crippen molar-refractivity contribution in [1.29, 1.82) is 0 Å². The maximum Gasteiger partial charge on any atom is 0.314 e. The monoisotopic (exact) mass is 322 g/mol. The van der Waals surface area contributed by atoms with Gasteiger partial charge in [0, 0.05) is 6.54 Å². The molecule has 1 aromatic rings. The minimum Gasteiger partial charge on any atom is -0.490 e. The summed E-state index contributed by atoms with van der Waals surface area (Å²) < 4.78 is 5.50. The molecule has 2 rings (SSSR count). The first-order chi connectivity index (χ1) is 10.8. The first-order valence-electron chi connectivity index (χ1n) is 7.82. The second kappa shape index (κ2) is 9.36. The highest BCUT2D eigenvalue weighted by molar-refractivity contribution is 6.32. The number of hydrogen-bond acceptors (Lipinski definition) is 2. The van der Waals surface area contributed by atoms with Crippen LogP contribution >= 0.6 is 11.6 Å². The maximum atomic E-state index is 11.6. The largest absolute Gasteiger partial charge is 0.490 e. The lowest BCUT2D eigenvalue weighted by molar-refractivity contribution is 0.236. The molecule has 0 spiro atoms. The van der Waals surface area contributed by atoms with Crippen LogP contribution in [-0.2, 0) is 0 Å². The van der Waals surface area contributed by atoms with Gasteiger partial charge in [0.25, 0.3) is 0 Å². The summed E-state index contributed by atoms with van der Waals surface area (Å²) in [6.45, 7) is 1.52. The molecule has 2 N–H and O–H groups in total. The number of rotatable bonds is 7. The van der Waals surface area contributed by atoms with E-state index in [1.807, 2.05) is 12.1 Å². The number of benzene rings is 1. The van der Waals surface area contributed by atoms with Crippen LogP contribution in [0.25, 0.3) is 0 Å². The zero-order chi connectivity index (χ0) is 15.6. The number of urea groups is 1. The molecule has 0 aliphatic heterocycles. The second-order valence-corrected chi connectivity index (χ2v) is 5.73. The molecule has 2 amide bonds. The van der Waals surface area contributed by atoms with Crippen molar-refractivity contribution in [1.82, 2.24) is 10.6 Å². The number of carbonyl (C=O) groups excluding carboxylic acids is 1. The van der Waals surface area contributed by atoms with E-state index >= 15 is 0 Å². The Morgan fingerprint density at radius 3 is 2.77 bits per heavy atom. The molecule has 0 fully saturated rings. The molecular weight excluding hydrogens is 300 g/mol. The number of amides is 2. The molecule has 0 saturated heterocycles. The molecule has 4 nitrogen and oxygen atoms in total. The van der Waals surface area contributed by atoms with E-state index in [9.17, 15) is 4.79 Å². The molecule has 0 radical (unpaired) electrons. The Kier molecular flexibility index (Phi) is 7.10. The smallest absolute Gasteiger partial charge is 0.314 e. The summed E-state index contributed by atoms with van der Waals surface area (Å²) in [5.41, 5.74) is 1.47. The zero-order valence-corrected chi connectivity index (χ0v) is 13.5. The van der Waals surface area contributed by atoms with Crippen molar-refractivity contribution in [2.75, 3.05) is 19.7 Å². The molecule has 0 unspecified atom stereocenters. The van der Waals surface area contributed by atoms with Crippen molar-refractivity contribution in [3.63, 3.8) is 0 Å². The van der Waals surface area contributed by atoms with Gasteiger partial charge in [0.1, 0.15) is 12.4 Å². The summed E-state index contributed by atoms with van der Waals surface area (Å²) in [6.07, 6.45) is 8.18. The van der Waals surface area contributed by atoms with Gasteiger partial charge in [-0.25, -0.2) is 4.79 Å². The highest BCUT2D eigenvalue weighted by Gasteiger charge is 2.05. The van der Waals surface area contributed by atoms with E-state index in [0.717, 1.165) is 6.42 Å². The van der Waals surface area contributed by atoms with Crippen LogP contribution in [-0.4, -0.2) is 25.7 Å². The van der Waals surface area contributed by atoms with Crippen LogP contribution in [0.5, 0.6) is 5.75 Å². The van der Waals surface area contributed by atoms with Crippen molar-refractivity contribution < 1.29 is 9.53 Å². The van der Waals surface area contributed by atoms with Crippen LogP contribution in [0.4, 0.5) is 4.79 Å². The van der Waals surface area contributed by atoms with Crippen molar-refractivity contribution in [3.05, 3.63) is 40.9 Å². The fourth-order valence-electron chi connectivity index (χ4n) is 2.42. The summed E-state index contributed by atoms with van der Waals surface area (Å²) in [5.74, 6) is 0.635. The molecule has 120 valence electrons. The van der Waals surface area contributed by atoms with Gasteiger partial charge in [-0.3, -0.25) is 0 Å². The number of para-hydroxylation sites is 1. The molecule has 0 saturated carbocycles. The number of hydrogen-bond donors (Lipinski definition) is 2. The van der Waals surface area contributed by atoms with Crippen molar-refractivity contribution in [2.45, 2.75) is 32.1 Å². The van der Waals surface area contributed by atoms with E-state index in [1.165, 1.54) is 31.3 Å². The molecule has 22 heavy (non-hydrogen) atoms. The lowest BCUT2D eigenvalue weighted by atomic mass is 9.97.